The molecule has 1 atom stereocenters. The maximum Gasteiger partial charge on any atom is 0.269 e. The van der Waals surface area contributed by atoms with Crippen LogP contribution >= 0.6 is 11.3 Å². The summed E-state index contributed by atoms with van der Waals surface area (Å²) in [6.45, 7) is 2.95. The zero-order chi connectivity index (χ0) is 14.8. The van der Waals surface area contributed by atoms with Crippen LogP contribution in [0.15, 0.2) is 22.4 Å². The molecule has 0 aromatic carbocycles. The van der Waals surface area contributed by atoms with Crippen LogP contribution in [0.4, 0.5) is 0 Å². The Kier molecular flexibility index (Phi) is 3.86. The van der Waals surface area contributed by atoms with Crippen molar-refractivity contribution < 1.29 is 4.74 Å². The van der Waals surface area contributed by atoms with Gasteiger partial charge in [-0.05, 0) is 31.4 Å². The fourth-order valence-corrected chi connectivity index (χ4v) is 3.31. The van der Waals surface area contributed by atoms with E-state index in [1.165, 1.54) is 4.57 Å². The summed E-state index contributed by atoms with van der Waals surface area (Å²) < 4.78 is 7.14. The van der Waals surface area contributed by atoms with Crippen molar-refractivity contribution in [3.8, 4) is 6.07 Å². The molecule has 0 bridgehead atoms. The van der Waals surface area contributed by atoms with Crippen molar-refractivity contribution in [3.63, 3.8) is 0 Å². The molecular formula is C15H15N3O2S. The van der Waals surface area contributed by atoms with Crippen LogP contribution in [0, 0.1) is 18.3 Å². The van der Waals surface area contributed by atoms with Crippen LogP contribution in [0.1, 0.15) is 40.8 Å². The fourth-order valence-electron chi connectivity index (χ4n) is 2.42. The minimum Gasteiger partial charge on any atom is -0.371 e. The molecule has 0 amide bonds. The average molecular weight is 301 g/mol. The molecule has 0 unspecified atom stereocenters. The molecule has 0 spiro atoms. The molecule has 0 saturated carbocycles. The fraction of sp³-hybridized carbons (Fsp3) is 0.400. The van der Waals surface area contributed by atoms with E-state index in [4.69, 9.17) is 10.00 Å². The number of pyridine rings is 1. The molecule has 1 aliphatic rings. The summed E-state index contributed by atoms with van der Waals surface area (Å²) in [5, 5.41) is 12.0. The molecular weight excluding hydrogens is 286 g/mol. The summed E-state index contributed by atoms with van der Waals surface area (Å²) in [5.41, 5.74) is 1.48. The van der Waals surface area contributed by atoms with Gasteiger partial charge in [0, 0.05) is 18.2 Å². The zero-order valence-corrected chi connectivity index (χ0v) is 12.5. The molecule has 5 nitrogen and oxygen atoms in total. The highest BCUT2D eigenvalue weighted by Gasteiger charge is 2.21. The van der Waals surface area contributed by atoms with Gasteiger partial charge in [-0.1, -0.05) is 0 Å². The smallest absolute Gasteiger partial charge is 0.269 e. The minimum atomic E-state index is -0.260. The quantitative estimate of drug-likeness (QED) is 0.873. The Bertz CT molecular complexity index is 751. The number of thiazole rings is 1. The van der Waals surface area contributed by atoms with Gasteiger partial charge in [0.05, 0.1) is 12.2 Å². The third kappa shape index (κ3) is 2.75. The lowest BCUT2D eigenvalue weighted by molar-refractivity contribution is 0.111. The van der Waals surface area contributed by atoms with Crippen LogP contribution in [0.5, 0.6) is 0 Å². The third-order valence-electron chi connectivity index (χ3n) is 3.59. The van der Waals surface area contributed by atoms with Gasteiger partial charge in [0.25, 0.3) is 5.56 Å². The van der Waals surface area contributed by atoms with Crippen molar-refractivity contribution in [1.29, 1.82) is 5.26 Å². The van der Waals surface area contributed by atoms with Gasteiger partial charge in [0.2, 0.25) is 0 Å². The topological polar surface area (TPSA) is 67.9 Å². The summed E-state index contributed by atoms with van der Waals surface area (Å²) in [4.78, 5) is 16.7. The first-order chi connectivity index (χ1) is 10.2. The van der Waals surface area contributed by atoms with Crippen molar-refractivity contribution in [3.05, 3.63) is 49.8 Å². The van der Waals surface area contributed by atoms with Gasteiger partial charge < -0.3 is 9.30 Å². The molecule has 6 heteroatoms. The number of aryl methyl sites for hydroxylation is 1. The Labute approximate surface area is 126 Å². The second-order valence-corrected chi connectivity index (χ2v) is 5.99. The van der Waals surface area contributed by atoms with E-state index in [2.05, 4.69) is 4.98 Å². The van der Waals surface area contributed by atoms with E-state index in [0.29, 0.717) is 12.1 Å². The number of hydrogen-bond acceptors (Lipinski definition) is 5. The predicted octanol–water partition coefficient (Wildman–Crippen LogP) is 2.38. The molecule has 3 rings (SSSR count). The molecule has 2 aromatic heterocycles. The number of nitrogens with zero attached hydrogens (tertiary/aromatic N) is 3. The molecule has 3 heterocycles. The molecule has 0 N–H and O–H groups in total. The average Bonchev–Trinajstić information content (AvgIpc) is 3.13. The molecule has 1 aliphatic heterocycles. The Balaban J connectivity index is 1.84. The Morgan fingerprint density at radius 3 is 3.19 bits per heavy atom. The Hall–Kier alpha value is -1.97. The summed E-state index contributed by atoms with van der Waals surface area (Å²) in [6, 6.07) is 3.75. The Morgan fingerprint density at radius 1 is 1.62 bits per heavy atom. The predicted molar refractivity (Wildman–Crippen MR) is 79.3 cm³/mol. The van der Waals surface area contributed by atoms with Gasteiger partial charge in [-0.3, -0.25) is 4.79 Å². The van der Waals surface area contributed by atoms with Gasteiger partial charge in [-0.2, -0.15) is 5.26 Å². The molecule has 1 saturated heterocycles. The summed E-state index contributed by atoms with van der Waals surface area (Å²) >= 11 is 1.57. The maximum absolute atomic E-state index is 12.2. The number of rotatable bonds is 3. The summed E-state index contributed by atoms with van der Waals surface area (Å²) in [6.07, 6.45) is 3.90. The van der Waals surface area contributed by atoms with Crippen LogP contribution < -0.4 is 5.56 Å². The van der Waals surface area contributed by atoms with Crippen LogP contribution in [-0.2, 0) is 11.3 Å². The first-order valence-corrected chi connectivity index (χ1v) is 7.73. The lowest BCUT2D eigenvalue weighted by Crippen LogP contribution is -2.23. The second-order valence-electron chi connectivity index (χ2n) is 5.10. The van der Waals surface area contributed by atoms with Crippen LogP contribution in [0.3, 0.4) is 0 Å². The van der Waals surface area contributed by atoms with Gasteiger partial charge in [-0.25, -0.2) is 4.98 Å². The van der Waals surface area contributed by atoms with E-state index < -0.39 is 0 Å². The highest BCUT2D eigenvalue weighted by molar-refractivity contribution is 7.09. The molecule has 0 radical (unpaired) electrons. The number of hydrogen-bond donors (Lipinski definition) is 0. The second kappa shape index (κ2) is 5.80. The van der Waals surface area contributed by atoms with E-state index >= 15 is 0 Å². The van der Waals surface area contributed by atoms with Gasteiger partial charge in [0.15, 0.2) is 0 Å². The van der Waals surface area contributed by atoms with Gasteiger partial charge in [-0.15, -0.1) is 11.3 Å². The van der Waals surface area contributed by atoms with E-state index in [1.54, 1.807) is 30.5 Å². The molecule has 1 fully saturated rings. The SMILES string of the molecule is Cc1ccn(Cc2csc([C@@H]3CCCO3)n2)c(=O)c1C#N. The van der Waals surface area contributed by atoms with E-state index in [0.717, 1.165) is 30.2 Å². The van der Waals surface area contributed by atoms with Crippen LogP contribution in [-0.4, -0.2) is 16.2 Å². The van der Waals surface area contributed by atoms with Gasteiger partial charge >= 0.3 is 0 Å². The normalized spacial score (nSPS) is 17.8. The van der Waals surface area contributed by atoms with Crippen molar-refractivity contribution in [1.82, 2.24) is 9.55 Å². The zero-order valence-electron chi connectivity index (χ0n) is 11.7. The highest BCUT2D eigenvalue weighted by Crippen LogP contribution is 2.30. The van der Waals surface area contributed by atoms with E-state index in [-0.39, 0.29) is 17.2 Å². The van der Waals surface area contributed by atoms with Crippen LogP contribution in [0.25, 0.3) is 0 Å². The first kappa shape index (κ1) is 14.0. The third-order valence-corrected chi connectivity index (χ3v) is 4.58. The maximum atomic E-state index is 12.2. The van der Waals surface area contributed by atoms with E-state index in [9.17, 15) is 4.79 Å². The van der Waals surface area contributed by atoms with Crippen molar-refractivity contribution in [2.24, 2.45) is 0 Å². The van der Waals surface area contributed by atoms with Crippen LogP contribution in [0.2, 0.25) is 0 Å². The number of aromatic nitrogens is 2. The molecule has 21 heavy (non-hydrogen) atoms. The first-order valence-electron chi connectivity index (χ1n) is 6.85. The highest BCUT2D eigenvalue weighted by atomic mass is 32.1. The minimum absolute atomic E-state index is 0.105. The summed E-state index contributed by atoms with van der Waals surface area (Å²) in [7, 11) is 0. The standard InChI is InChI=1S/C15H15N3O2S/c1-10-4-5-18(15(19)12(10)7-16)8-11-9-21-14(17-11)13-3-2-6-20-13/h4-5,9,13H,2-3,6,8H2,1H3/t13-/m0/s1. The molecule has 0 aliphatic carbocycles. The summed E-state index contributed by atoms with van der Waals surface area (Å²) in [5.74, 6) is 0. The largest absolute Gasteiger partial charge is 0.371 e. The number of nitriles is 1. The van der Waals surface area contributed by atoms with Crippen molar-refractivity contribution in [2.75, 3.05) is 6.61 Å². The van der Waals surface area contributed by atoms with Crippen molar-refractivity contribution in [2.45, 2.75) is 32.4 Å². The van der Waals surface area contributed by atoms with Gasteiger partial charge in [0.1, 0.15) is 22.7 Å². The molecule has 2 aromatic rings. The lowest BCUT2D eigenvalue weighted by atomic mass is 10.2. The lowest BCUT2D eigenvalue weighted by Gasteiger charge is -2.06. The monoisotopic (exact) mass is 301 g/mol. The van der Waals surface area contributed by atoms with E-state index in [1.807, 2.05) is 11.4 Å². The van der Waals surface area contributed by atoms with Crippen molar-refractivity contribution >= 4 is 11.3 Å². The molecule has 108 valence electrons. The Morgan fingerprint density at radius 2 is 2.48 bits per heavy atom. The number of ether oxygens (including phenoxy) is 1.